The minimum absolute atomic E-state index is 0.117. The topological polar surface area (TPSA) is 78.5 Å². The molecule has 134 valence electrons. The summed E-state index contributed by atoms with van der Waals surface area (Å²) in [5.41, 5.74) is 3.14. The summed E-state index contributed by atoms with van der Waals surface area (Å²) in [6.45, 7) is 6.47. The number of nitrogens with zero attached hydrogens (tertiary/aromatic N) is 3. The molecule has 0 radical (unpaired) electrons. The maximum absolute atomic E-state index is 12.5. The summed E-state index contributed by atoms with van der Waals surface area (Å²) >= 11 is 0. The summed E-state index contributed by atoms with van der Waals surface area (Å²) in [6, 6.07) is 4.03. The highest BCUT2D eigenvalue weighted by Gasteiger charge is 2.27. The van der Waals surface area contributed by atoms with E-state index in [2.05, 4.69) is 4.57 Å². The molecule has 1 unspecified atom stereocenters. The Balaban J connectivity index is 1.81. The van der Waals surface area contributed by atoms with Crippen LogP contribution >= 0.6 is 0 Å². The number of aromatic nitrogens is 1. The Morgan fingerprint density at radius 2 is 2.28 bits per heavy atom. The van der Waals surface area contributed by atoms with Crippen molar-refractivity contribution in [3.05, 3.63) is 28.6 Å². The van der Waals surface area contributed by atoms with E-state index in [0.29, 0.717) is 19.5 Å². The van der Waals surface area contributed by atoms with Crippen molar-refractivity contribution in [2.45, 2.75) is 51.9 Å². The van der Waals surface area contributed by atoms with Crippen molar-refractivity contribution in [3.8, 4) is 6.07 Å². The fourth-order valence-electron chi connectivity index (χ4n) is 3.64. The first-order valence-electron chi connectivity index (χ1n) is 8.87. The summed E-state index contributed by atoms with van der Waals surface area (Å²) in [6.07, 6.45) is 4.17. The fourth-order valence-corrected chi connectivity index (χ4v) is 3.64. The number of hydrogen-bond donors (Lipinski definition) is 1. The van der Waals surface area contributed by atoms with Gasteiger partial charge in [-0.25, -0.2) is 0 Å². The van der Waals surface area contributed by atoms with Gasteiger partial charge in [-0.1, -0.05) is 0 Å². The Hall–Kier alpha value is -2.10. The molecule has 0 spiro atoms. The van der Waals surface area contributed by atoms with Crippen LogP contribution in [0.5, 0.6) is 0 Å². The lowest BCUT2D eigenvalue weighted by Gasteiger charge is -2.15. The van der Waals surface area contributed by atoms with Gasteiger partial charge < -0.3 is 19.3 Å². The van der Waals surface area contributed by atoms with Crippen molar-refractivity contribution in [3.63, 3.8) is 0 Å². The number of aliphatic hydroxyl groups is 1. The van der Waals surface area contributed by atoms with Crippen LogP contribution in [0.2, 0.25) is 0 Å². The highest BCUT2D eigenvalue weighted by molar-refractivity contribution is 6.02. The monoisotopic (exact) mass is 343 g/mol. The number of aliphatic hydroxyl groups excluding tert-OH is 1. The third kappa shape index (κ3) is 3.78. The summed E-state index contributed by atoms with van der Waals surface area (Å²) in [7, 11) is 0. The molecular formula is C19H25N3O3. The number of rotatable bonds is 4. The van der Waals surface area contributed by atoms with Gasteiger partial charge >= 0.3 is 0 Å². The minimum atomic E-state index is -0.486. The van der Waals surface area contributed by atoms with Crippen LogP contribution in [0.15, 0.2) is 11.6 Å². The predicted molar refractivity (Wildman–Crippen MR) is 93.7 cm³/mol. The van der Waals surface area contributed by atoms with Crippen LogP contribution < -0.4 is 0 Å². The molecule has 0 bridgehead atoms. The SMILES string of the molecule is Cc1cc(C=C(C#N)C(=O)N2CC[C@@H](O)C2)c(C)n1CC1CCCO1. The molecule has 2 saturated heterocycles. The maximum atomic E-state index is 12.5. The van der Waals surface area contributed by atoms with E-state index in [0.717, 1.165) is 42.9 Å². The second kappa shape index (κ2) is 7.42. The maximum Gasteiger partial charge on any atom is 0.264 e. The molecular weight excluding hydrogens is 318 g/mol. The van der Waals surface area contributed by atoms with Gasteiger partial charge in [0.15, 0.2) is 0 Å². The fraction of sp³-hybridized carbons (Fsp3) is 0.579. The average Bonchev–Trinajstić information content (AvgIpc) is 3.31. The quantitative estimate of drug-likeness (QED) is 0.668. The minimum Gasteiger partial charge on any atom is -0.391 e. The number of nitriles is 1. The van der Waals surface area contributed by atoms with Crippen molar-refractivity contribution >= 4 is 12.0 Å². The van der Waals surface area contributed by atoms with Crippen LogP contribution in [0.1, 0.15) is 36.2 Å². The molecule has 0 saturated carbocycles. The Morgan fingerprint density at radius 3 is 2.88 bits per heavy atom. The first-order chi connectivity index (χ1) is 12.0. The number of carbonyl (C=O) groups is 1. The van der Waals surface area contributed by atoms with Crippen molar-refractivity contribution in [1.29, 1.82) is 5.26 Å². The van der Waals surface area contributed by atoms with E-state index >= 15 is 0 Å². The summed E-state index contributed by atoms with van der Waals surface area (Å²) < 4.78 is 7.92. The van der Waals surface area contributed by atoms with Gasteiger partial charge in [0.25, 0.3) is 5.91 Å². The molecule has 2 aliphatic heterocycles. The van der Waals surface area contributed by atoms with Gasteiger partial charge in [0.2, 0.25) is 0 Å². The summed E-state index contributed by atoms with van der Waals surface area (Å²) in [4.78, 5) is 14.1. The molecule has 1 aromatic rings. The molecule has 1 amide bonds. The largest absolute Gasteiger partial charge is 0.391 e. The number of hydrogen-bond acceptors (Lipinski definition) is 4. The zero-order chi connectivity index (χ0) is 18.0. The lowest BCUT2D eigenvalue weighted by Crippen LogP contribution is -2.30. The van der Waals surface area contributed by atoms with E-state index in [4.69, 9.17) is 4.74 Å². The molecule has 0 aliphatic carbocycles. The van der Waals surface area contributed by atoms with Crippen LogP contribution in [-0.4, -0.2) is 52.4 Å². The Labute approximate surface area is 148 Å². The molecule has 2 aliphatic rings. The van der Waals surface area contributed by atoms with E-state index in [9.17, 15) is 15.2 Å². The smallest absolute Gasteiger partial charge is 0.264 e. The number of ether oxygens (including phenoxy) is 1. The lowest BCUT2D eigenvalue weighted by atomic mass is 10.1. The van der Waals surface area contributed by atoms with E-state index in [1.807, 2.05) is 26.0 Å². The van der Waals surface area contributed by atoms with Crippen LogP contribution in [0, 0.1) is 25.2 Å². The van der Waals surface area contributed by atoms with Crippen molar-refractivity contribution in [1.82, 2.24) is 9.47 Å². The van der Waals surface area contributed by atoms with Gasteiger partial charge in [0, 0.05) is 37.6 Å². The number of likely N-dealkylation sites (tertiary alicyclic amines) is 1. The Morgan fingerprint density at radius 1 is 1.48 bits per heavy atom. The van der Waals surface area contributed by atoms with Crippen molar-refractivity contribution in [2.75, 3.05) is 19.7 Å². The highest BCUT2D eigenvalue weighted by Crippen LogP contribution is 2.23. The molecule has 6 nitrogen and oxygen atoms in total. The van der Waals surface area contributed by atoms with Crippen molar-refractivity contribution < 1.29 is 14.6 Å². The molecule has 1 N–H and O–H groups in total. The number of aryl methyl sites for hydroxylation is 1. The number of amides is 1. The van der Waals surface area contributed by atoms with E-state index in [1.54, 1.807) is 11.0 Å². The van der Waals surface area contributed by atoms with Crippen LogP contribution in [-0.2, 0) is 16.1 Å². The second-order valence-corrected chi connectivity index (χ2v) is 6.94. The van der Waals surface area contributed by atoms with Gasteiger partial charge in [-0.3, -0.25) is 4.79 Å². The Bertz CT molecular complexity index is 723. The van der Waals surface area contributed by atoms with Gasteiger partial charge in [0.05, 0.1) is 12.2 Å². The van der Waals surface area contributed by atoms with E-state index in [1.165, 1.54) is 0 Å². The van der Waals surface area contributed by atoms with E-state index in [-0.39, 0.29) is 17.6 Å². The molecule has 3 heterocycles. The summed E-state index contributed by atoms with van der Waals surface area (Å²) in [5, 5.41) is 19.0. The van der Waals surface area contributed by atoms with Crippen LogP contribution in [0.25, 0.3) is 6.08 Å². The molecule has 25 heavy (non-hydrogen) atoms. The zero-order valence-electron chi connectivity index (χ0n) is 14.9. The first-order valence-corrected chi connectivity index (χ1v) is 8.87. The molecule has 2 fully saturated rings. The van der Waals surface area contributed by atoms with Gasteiger partial charge in [-0.15, -0.1) is 0 Å². The van der Waals surface area contributed by atoms with Gasteiger partial charge in [-0.05, 0) is 50.8 Å². The molecule has 6 heteroatoms. The Kier molecular flexibility index (Phi) is 5.26. The molecule has 1 aromatic heterocycles. The van der Waals surface area contributed by atoms with Gasteiger partial charge in [0.1, 0.15) is 11.6 Å². The van der Waals surface area contributed by atoms with E-state index < -0.39 is 6.10 Å². The molecule has 2 atom stereocenters. The lowest BCUT2D eigenvalue weighted by molar-refractivity contribution is -0.125. The first kappa shape index (κ1) is 17.7. The predicted octanol–water partition coefficient (Wildman–Crippen LogP) is 1.78. The van der Waals surface area contributed by atoms with Gasteiger partial charge in [-0.2, -0.15) is 5.26 Å². The standard InChI is InChI=1S/C19H25N3O3/c1-13-8-15(14(2)22(13)12-18-4-3-7-25-18)9-16(10-20)19(24)21-6-5-17(23)11-21/h8-9,17-18,23H,3-7,11-12H2,1-2H3/t17-,18?/m1/s1. The second-order valence-electron chi connectivity index (χ2n) is 6.94. The van der Waals surface area contributed by atoms with Crippen LogP contribution in [0.4, 0.5) is 0 Å². The highest BCUT2D eigenvalue weighted by atomic mass is 16.5. The van der Waals surface area contributed by atoms with Crippen molar-refractivity contribution in [2.24, 2.45) is 0 Å². The summed E-state index contributed by atoms with van der Waals surface area (Å²) in [5.74, 6) is -0.303. The third-order valence-electron chi connectivity index (χ3n) is 5.12. The number of carbonyl (C=O) groups excluding carboxylic acids is 1. The zero-order valence-corrected chi connectivity index (χ0v) is 14.9. The molecule has 3 rings (SSSR count). The van der Waals surface area contributed by atoms with Crippen LogP contribution in [0.3, 0.4) is 0 Å². The average molecular weight is 343 g/mol. The molecule has 0 aromatic carbocycles. The number of β-amino-alcohol motifs (C(OH)–C–C–N with tert-alkyl or cyclic N) is 1. The normalized spacial score (nSPS) is 23.9. The third-order valence-corrected chi connectivity index (χ3v) is 5.12.